The third kappa shape index (κ3) is 5.29. The average Bonchev–Trinajstić information content (AvgIpc) is 3.04. The van der Waals surface area contributed by atoms with Gasteiger partial charge in [0, 0.05) is 0 Å². The largest absolute Gasteiger partial charge is 0.630 e. The number of benzene rings is 1. The lowest BCUT2D eigenvalue weighted by atomic mass is 9.75. The summed E-state index contributed by atoms with van der Waals surface area (Å²) in [5, 5.41) is 10.9. The summed E-state index contributed by atoms with van der Waals surface area (Å²) >= 11 is 0. The summed E-state index contributed by atoms with van der Waals surface area (Å²) in [6.07, 6.45) is 15.6. The minimum absolute atomic E-state index is 0.0887. The molecule has 170 valence electrons. The van der Waals surface area contributed by atoms with E-state index in [1.807, 2.05) is 12.1 Å². The number of hydrogen-bond acceptors (Lipinski definition) is 4. The number of nitrogens with two attached hydrogens (primary N) is 2. The third-order valence-electron chi connectivity index (χ3n) is 7.75. The normalized spacial score (nSPS) is 25.8. The topological polar surface area (TPSA) is 98.4 Å². The number of carbonyl (C=O) groups excluding carboxylic acids is 1. The highest BCUT2D eigenvalue weighted by Gasteiger charge is 2.48. The quantitative estimate of drug-likeness (QED) is 0.483. The fraction of sp³-hybridized carbons (Fsp3) is 0.680. The van der Waals surface area contributed by atoms with E-state index in [-0.39, 0.29) is 5.91 Å². The van der Waals surface area contributed by atoms with Crippen molar-refractivity contribution < 1.29 is 10.3 Å². The van der Waals surface area contributed by atoms with E-state index in [1.165, 1.54) is 64.2 Å². The maximum atomic E-state index is 13.8. The number of quaternary nitrogens is 1. The molecular formula is C25H38N4O2. The Hall–Kier alpha value is -1.92. The van der Waals surface area contributed by atoms with E-state index in [4.69, 9.17) is 10.7 Å². The van der Waals surface area contributed by atoms with Crippen LogP contribution in [-0.4, -0.2) is 22.3 Å². The summed E-state index contributed by atoms with van der Waals surface area (Å²) in [6.45, 7) is 0.420. The van der Waals surface area contributed by atoms with Crippen LogP contribution in [0.5, 0.6) is 0 Å². The van der Waals surface area contributed by atoms with E-state index in [1.54, 1.807) is 17.0 Å². The zero-order chi connectivity index (χ0) is 21.7. The number of guanidine groups is 1. The molecular weight excluding hydrogens is 388 g/mol. The second kappa shape index (κ2) is 10.1. The van der Waals surface area contributed by atoms with Gasteiger partial charge in [0.25, 0.3) is 5.91 Å². The molecule has 2 aliphatic carbocycles. The molecule has 6 nitrogen and oxygen atoms in total. The molecule has 1 unspecified atom stereocenters. The maximum absolute atomic E-state index is 13.8. The van der Waals surface area contributed by atoms with E-state index < -0.39 is 5.54 Å². The molecule has 0 radical (unpaired) electrons. The standard InChI is InChI=1S/C25H38N4O2/c26-24-27-25(17-20-9-5-2-6-10-20,16-15-19-7-3-1-4-8-19)23(30)29(24)18-21-11-13-22(28-31)14-12-21/h11-14,19-20H,1-10,15-18,28H2,(H2,26,27). The number of hydrogen-bond donors (Lipinski definition) is 2. The van der Waals surface area contributed by atoms with Crippen molar-refractivity contribution in [3.05, 3.63) is 35.0 Å². The summed E-state index contributed by atoms with van der Waals surface area (Å²) < 4.78 is 0. The highest BCUT2D eigenvalue weighted by atomic mass is 16.5. The lowest BCUT2D eigenvalue weighted by Gasteiger charge is -2.33. The highest BCUT2D eigenvalue weighted by Crippen LogP contribution is 2.41. The third-order valence-corrected chi connectivity index (χ3v) is 7.75. The van der Waals surface area contributed by atoms with Crippen LogP contribution in [0.1, 0.15) is 89.0 Å². The van der Waals surface area contributed by atoms with Gasteiger partial charge in [0.05, 0.1) is 6.54 Å². The molecule has 0 aromatic heterocycles. The number of carbonyl (C=O) groups is 1. The van der Waals surface area contributed by atoms with Crippen molar-refractivity contribution >= 4 is 17.6 Å². The van der Waals surface area contributed by atoms with Crippen molar-refractivity contribution in [1.82, 2.24) is 4.90 Å². The van der Waals surface area contributed by atoms with Crippen LogP contribution in [0.2, 0.25) is 0 Å². The van der Waals surface area contributed by atoms with Gasteiger partial charge in [-0.05, 0) is 48.8 Å². The van der Waals surface area contributed by atoms with Crippen molar-refractivity contribution in [1.29, 1.82) is 0 Å². The van der Waals surface area contributed by atoms with Gasteiger partial charge in [-0.3, -0.25) is 9.69 Å². The fourth-order valence-corrected chi connectivity index (χ4v) is 5.91. The number of rotatable bonds is 8. The lowest BCUT2D eigenvalue weighted by molar-refractivity contribution is -0.497. The van der Waals surface area contributed by atoms with Crippen LogP contribution < -0.4 is 11.2 Å². The van der Waals surface area contributed by atoms with Crippen molar-refractivity contribution in [3.8, 4) is 0 Å². The zero-order valence-electron chi connectivity index (χ0n) is 18.7. The smallest absolute Gasteiger partial charge is 0.257 e. The molecule has 4 rings (SSSR count). The van der Waals surface area contributed by atoms with E-state index >= 15 is 0 Å². The number of amides is 1. The first-order chi connectivity index (χ1) is 15.1. The first-order valence-corrected chi connectivity index (χ1v) is 12.3. The summed E-state index contributed by atoms with van der Waals surface area (Å²) in [4.78, 5) is 20.4. The first kappa shape index (κ1) is 22.3. The molecule has 2 fully saturated rings. The molecule has 0 spiro atoms. The maximum Gasteiger partial charge on any atom is 0.257 e. The Labute approximate surface area is 186 Å². The number of aliphatic imine (C=N–C) groups is 1. The zero-order valence-corrected chi connectivity index (χ0v) is 18.7. The van der Waals surface area contributed by atoms with E-state index in [0.29, 0.717) is 24.1 Å². The van der Waals surface area contributed by atoms with Gasteiger partial charge in [0.2, 0.25) is 0 Å². The van der Waals surface area contributed by atoms with E-state index in [0.717, 1.165) is 36.2 Å². The van der Waals surface area contributed by atoms with Crippen molar-refractivity contribution in [2.24, 2.45) is 22.6 Å². The number of nitrogens with zero attached hydrogens (tertiary/aromatic N) is 2. The average molecular weight is 427 g/mol. The van der Waals surface area contributed by atoms with Crippen LogP contribution >= 0.6 is 0 Å². The minimum Gasteiger partial charge on any atom is -0.630 e. The Morgan fingerprint density at radius 1 is 1.00 bits per heavy atom. The van der Waals surface area contributed by atoms with Crippen molar-refractivity contribution in [2.75, 3.05) is 0 Å². The fourth-order valence-electron chi connectivity index (χ4n) is 5.91. The SMILES string of the molecule is NC1=NC(CCC2CCCCC2)(CC2CCCCC2)C(=O)N1Cc1ccc([NH2+][O-])cc1. The molecule has 6 heteroatoms. The van der Waals surface area contributed by atoms with Crippen LogP contribution in [0.25, 0.3) is 0 Å². The van der Waals surface area contributed by atoms with Crippen molar-refractivity contribution in [2.45, 2.75) is 95.6 Å². The molecule has 1 aromatic rings. The second-order valence-corrected chi connectivity index (χ2v) is 10.0. The van der Waals surface area contributed by atoms with Gasteiger partial charge in [0.15, 0.2) is 5.96 Å². The van der Waals surface area contributed by atoms with Crippen LogP contribution in [0, 0.1) is 17.0 Å². The van der Waals surface area contributed by atoms with Gasteiger partial charge in [-0.15, -0.1) is 0 Å². The molecule has 1 aliphatic heterocycles. The van der Waals surface area contributed by atoms with Gasteiger partial charge in [-0.1, -0.05) is 76.3 Å². The molecule has 2 saturated carbocycles. The van der Waals surface area contributed by atoms with E-state index in [9.17, 15) is 10.0 Å². The summed E-state index contributed by atoms with van der Waals surface area (Å²) in [6, 6.07) is 7.37. The van der Waals surface area contributed by atoms with Crippen LogP contribution in [-0.2, 0) is 11.3 Å². The summed E-state index contributed by atoms with van der Waals surface area (Å²) in [5.74, 6) is 1.76. The van der Waals surface area contributed by atoms with Crippen molar-refractivity contribution in [3.63, 3.8) is 0 Å². The molecule has 3 aliphatic rings. The summed E-state index contributed by atoms with van der Waals surface area (Å²) in [5.41, 5.74) is 8.13. The Morgan fingerprint density at radius 3 is 2.23 bits per heavy atom. The molecule has 4 N–H and O–H groups in total. The monoisotopic (exact) mass is 426 g/mol. The predicted molar refractivity (Wildman–Crippen MR) is 123 cm³/mol. The van der Waals surface area contributed by atoms with Gasteiger partial charge in [-0.2, -0.15) is 0 Å². The minimum atomic E-state index is -0.674. The van der Waals surface area contributed by atoms with Gasteiger partial charge in [-0.25, -0.2) is 4.99 Å². The van der Waals surface area contributed by atoms with Gasteiger partial charge >= 0.3 is 0 Å². The van der Waals surface area contributed by atoms with Gasteiger partial charge < -0.3 is 16.4 Å². The molecule has 0 saturated heterocycles. The molecule has 1 amide bonds. The Bertz CT molecular complexity index is 766. The predicted octanol–water partition coefficient (Wildman–Crippen LogP) is 4.11. The first-order valence-electron chi connectivity index (χ1n) is 12.3. The van der Waals surface area contributed by atoms with E-state index in [2.05, 4.69) is 0 Å². The lowest BCUT2D eigenvalue weighted by Crippen LogP contribution is -2.70. The van der Waals surface area contributed by atoms with Gasteiger partial charge in [0.1, 0.15) is 11.2 Å². The van der Waals surface area contributed by atoms with Crippen LogP contribution in [0.15, 0.2) is 29.3 Å². The van der Waals surface area contributed by atoms with Crippen LogP contribution in [0.3, 0.4) is 0 Å². The molecule has 1 aromatic carbocycles. The molecule has 31 heavy (non-hydrogen) atoms. The highest BCUT2D eigenvalue weighted by molar-refractivity contribution is 6.06. The molecule has 0 bridgehead atoms. The second-order valence-electron chi connectivity index (χ2n) is 10.0. The molecule has 1 heterocycles. The Balaban J connectivity index is 1.50. The van der Waals surface area contributed by atoms with Crippen LogP contribution in [0.4, 0.5) is 5.69 Å². The summed E-state index contributed by atoms with van der Waals surface area (Å²) in [7, 11) is 0. The Kier molecular flexibility index (Phi) is 7.28. The Morgan fingerprint density at radius 2 is 1.61 bits per heavy atom. The molecule has 1 atom stereocenters.